The van der Waals surface area contributed by atoms with Crippen molar-refractivity contribution in [2.45, 2.75) is 58.6 Å². The maximum Gasteiger partial charge on any atom is 0.308 e. The lowest BCUT2D eigenvalue weighted by Crippen LogP contribution is -2.44. The molecule has 0 amide bonds. The van der Waals surface area contributed by atoms with Crippen molar-refractivity contribution < 1.29 is 14.3 Å². The molecule has 0 aromatic carbocycles. The van der Waals surface area contributed by atoms with Crippen LogP contribution in [0.2, 0.25) is 0 Å². The van der Waals surface area contributed by atoms with Crippen LogP contribution in [0.4, 0.5) is 0 Å². The molecule has 0 fully saturated rings. The van der Waals surface area contributed by atoms with Crippen molar-refractivity contribution >= 4 is 18.4 Å². The first-order chi connectivity index (χ1) is 8.60. The predicted molar refractivity (Wildman–Crippen MR) is 80.8 cm³/mol. The number of carbonyl (C=O) groups is 1. The molecule has 3 atom stereocenters. The van der Waals surface area contributed by atoms with Crippen LogP contribution >= 0.6 is 12.4 Å². The van der Waals surface area contributed by atoms with E-state index in [-0.39, 0.29) is 30.5 Å². The van der Waals surface area contributed by atoms with Gasteiger partial charge in [0.15, 0.2) is 0 Å². The zero-order chi connectivity index (χ0) is 14.0. The lowest BCUT2D eigenvalue weighted by atomic mass is 9.93. The third-order valence-corrected chi connectivity index (χ3v) is 3.42. The van der Waals surface area contributed by atoms with Gasteiger partial charge >= 0.3 is 5.97 Å². The van der Waals surface area contributed by atoms with E-state index in [4.69, 9.17) is 9.47 Å². The van der Waals surface area contributed by atoms with Gasteiger partial charge in [-0.1, -0.05) is 33.6 Å². The summed E-state index contributed by atoms with van der Waals surface area (Å²) in [6, 6.07) is 0.179. The Balaban J connectivity index is 0. The number of nitrogens with one attached hydrogen (secondary N) is 1. The van der Waals surface area contributed by atoms with Crippen LogP contribution in [0.25, 0.3) is 0 Å². The van der Waals surface area contributed by atoms with Crippen LogP contribution in [0, 0.1) is 5.92 Å². The Morgan fingerprint density at radius 1 is 1.32 bits per heavy atom. The maximum atomic E-state index is 11.7. The van der Waals surface area contributed by atoms with E-state index in [0.29, 0.717) is 18.9 Å². The third-order valence-electron chi connectivity index (χ3n) is 3.42. The molecule has 0 aliphatic carbocycles. The van der Waals surface area contributed by atoms with Gasteiger partial charge in [0.1, 0.15) is 0 Å². The van der Waals surface area contributed by atoms with Gasteiger partial charge < -0.3 is 14.8 Å². The van der Waals surface area contributed by atoms with Gasteiger partial charge in [-0.15, -0.1) is 12.4 Å². The Hall–Kier alpha value is -0.320. The van der Waals surface area contributed by atoms with Crippen molar-refractivity contribution in [1.29, 1.82) is 0 Å². The highest BCUT2D eigenvalue weighted by molar-refractivity contribution is 5.85. The van der Waals surface area contributed by atoms with Gasteiger partial charge in [0.2, 0.25) is 0 Å². The summed E-state index contributed by atoms with van der Waals surface area (Å²) in [6.45, 7) is 6.89. The molecule has 0 unspecified atom stereocenters. The average molecular weight is 296 g/mol. The van der Waals surface area contributed by atoms with E-state index in [9.17, 15) is 4.79 Å². The molecule has 0 aromatic rings. The van der Waals surface area contributed by atoms with Crippen molar-refractivity contribution in [3.8, 4) is 0 Å². The molecule has 0 saturated carbocycles. The van der Waals surface area contributed by atoms with Crippen LogP contribution in [0.15, 0.2) is 0 Å². The Bertz CT molecular complexity index is 227. The fourth-order valence-corrected chi connectivity index (χ4v) is 2.00. The maximum absolute atomic E-state index is 11.7. The van der Waals surface area contributed by atoms with E-state index in [1.807, 2.05) is 7.05 Å². The molecule has 19 heavy (non-hydrogen) atoms. The number of methoxy groups -OCH3 is 1. The first kappa shape index (κ1) is 21.0. The van der Waals surface area contributed by atoms with Crippen LogP contribution in [-0.4, -0.2) is 38.9 Å². The van der Waals surface area contributed by atoms with Crippen molar-refractivity contribution in [2.24, 2.45) is 5.92 Å². The number of ether oxygens (including phenoxy) is 2. The summed E-state index contributed by atoms with van der Waals surface area (Å²) in [5.41, 5.74) is 0. The van der Waals surface area contributed by atoms with Crippen molar-refractivity contribution in [3.63, 3.8) is 0 Å². The molecular formula is C14H30ClNO3. The number of unbranched alkanes of at least 4 members (excludes halogenated alkanes) is 1. The number of hydrogen-bond acceptors (Lipinski definition) is 4. The SMILES string of the molecule is CCCCOC(=O)C[C@@H](OC)[C@@H](NC)[C@@H](C)CC.Cl. The van der Waals surface area contributed by atoms with Gasteiger partial charge in [-0.05, 0) is 19.4 Å². The molecule has 0 spiro atoms. The minimum atomic E-state index is -0.168. The van der Waals surface area contributed by atoms with E-state index in [1.165, 1.54) is 0 Å². The van der Waals surface area contributed by atoms with E-state index >= 15 is 0 Å². The lowest BCUT2D eigenvalue weighted by Gasteiger charge is -2.29. The highest BCUT2D eigenvalue weighted by Crippen LogP contribution is 2.16. The fraction of sp³-hybridized carbons (Fsp3) is 0.929. The number of likely N-dealkylation sites (N-methyl/N-ethyl adjacent to an activating group) is 1. The van der Waals surface area contributed by atoms with Gasteiger partial charge in [-0.3, -0.25) is 4.79 Å². The number of halogens is 1. The Labute approximate surface area is 124 Å². The molecule has 0 aromatic heterocycles. The molecule has 0 heterocycles. The number of carbonyl (C=O) groups excluding carboxylic acids is 1. The molecule has 0 aliphatic heterocycles. The molecular weight excluding hydrogens is 266 g/mol. The van der Waals surface area contributed by atoms with Gasteiger partial charge in [0, 0.05) is 13.2 Å². The molecule has 1 N–H and O–H groups in total. The first-order valence-corrected chi connectivity index (χ1v) is 6.96. The zero-order valence-electron chi connectivity index (χ0n) is 12.9. The van der Waals surface area contributed by atoms with E-state index in [1.54, 1.807) is 7.11 Å². The Morgan fingerprint density at radius 3 is 2.37 bits per heavy atom. The van der Waals surface area contributed by atoms with Crippen molar-refractivity contribution in [1.82, 2.24) is 5.32 Å². The average Bonchev–Trinajstić information content (AvgIpc) is 2.38. The van der Waals surface area contributed by atoms with E-state index in [0.717, 1.165) is 19.3 Å². The molecule has 0 rings (SSSR count). The standard InChI is InChI=1S/C14H29NO3.ClH/c1-6-8-9-18-13(16)10-12(17-5)14(15-4)11(3)7-2;/h11-12,14-15H,6-10H2,1-5H3;1H/t11-,12+,14-;/m0./s1. The summed E-state index contributed by atoms with van der Waals surface area (Å²) >= 11 is 0. The molecule has 0 aliphatic rings. The van der Waals surface area contributed by atoms with Gasteiger partial charge in [0.25, 0.3) is 0 Å². The lowest BCUT2D eigenvalue weighted by molar-refractivity contribution is -0.147. The van der Waals surface area contributed by atoms with Gasteiger partial charge in [-0.2, -0.15) is 0 Å². The number of hydrogen-bond donors (Lipinski definition) is 1. The predicted octanol–water partition coefficient (Wildman–Crippen LogP) is 2.79. The van der Waals surface area contributed by atoms with Crippen LogP contribution < -0.4 is 5.32 Å². The minimum absolute atomic E-state index is 0. The second-order valence-corrected chi connectivity index (χ2v) is 4.75. The highest BCUT2D eigenvalue weighted by atomic mass is 35.5. The summed E-state index contributed by atoms with van der Waals surface area (Å²) in [7, 11) is 3.56. The normalized spacial score (nSPS) is 15.2. The monoisotopic (exact) mass is 295 g/mol. The second-order valence-electron chi connectivity index (χ2n) is 4.75. The van der Waals surface area contributed by atoms with Crippen molar-refractivity contribution in [3.05, 3.63) is 0 Å². The van der Waals surface area contributed by atoms with Crippen LogP contribution in [0.3, 0.4) is 0 Å². The Kier molecular flexibility index (Phi) is 14.0. The third kappa shape index (κ3) is 8.45. The smallest absolute Gasteiger partial charge is 0.308 e. The van der Waals surface area contributed by atoms with Crippen molar-refractivity contribution in [2.75, 3.05) is 20.8 Å². The van der Waals surface area contributed by atoms with Crippen LogP contribution in [-0.2, 0) is 14.3 Å². The van der Waals surface area contributed by atoms with Gasteiger partial charge in [-0.25, -0.2) is 0 Å². The molecule has 0 bridgehead atoms. The molecule has 0 radical (unpaired) electrons. The summed E-state index contributed by atoms with van der Waals surface area (Å²) in [6.07, 6.45) is 3.20. The summed E-state index contributed by atoms with van der Waals surface area (Å²) < 4.78 is 10.6. The first-order valence-electron chi connectivity index (χ1n) is 6.96. The van der Waals surface area contributed by atoms with Crippen LogP contribution in [0.5, 0.6) is 0 Å². The minimum Gasteiger partial charge on any atom is -0.466 e. The fourth-order valence-electron chi connectivity index (χ4n) is 2.00. The number of esters is 1. The highest BCUT2D eigenvalue weighted by Gasteiger charge is 2.27. The van der Waals surface area contributed by atoms with Crippen LogP contribution in [0.1, 0.15) is 46.5 Å². The topological polar surface area (TPSA) is 47.6 Å². The summed E-state index contributed by atoms with van der Waals surface area (Å²) in [4.78, 5) is 11.7. The second kappa shape index (κ2) is 12.7. The van der Waals surface area contributed by atoms with E-state index < -0.39 is 0 Å². The number of rotatable bonds is 10. The summed E-state index contributed by atoms with van der Waals surface area (Å²) in [5, 5.41) is 3.24. The summed E-state index contributed by atoms with van der Waals surface area (Å²) in [5.74, 6) is 0.294. The molecule has 4 nitrogen and oxygen atoms in total. The zero-order valence-corrected chi connectivity index (χ0v) is 13.7. The Morgan fingerprint density at radius 2 is 1.95 bits per heavy atom. The quantitative estimate of drug-likeness (QED) is 0.497. The molecule has 0 saturated heterocycles. The van der Waals surface area contributed by atoms with Gasteiger partial charge in [0.05, 0.1) is 19.1 Å². The molecule has 5 heteroatoms. The largest absolute Gasteiger partial charge is 0.466 e. The molecule has 116 valence electrons. The van der Waals surface area contributed by atoms with E-state index in [2.05, 4.69) is 26.1 Å².